The number of carbonyl (C=O) groups is 3. The molecule has 2 aromatic carbocycles. The molecule has 2 aliphatic carbocycles. The Bertz CT molecular complexity index is 1490. The molecule has 40 heavy (non-hydrogen) atoms. The Kier molecular flexibility index (Phi) is 7.11. The summed E-state index contributed by atoms with van der Waals surface area (Å²) >= 11 is 0. The van der Waals surface area contributed by atoms with Gasteiger partial charge in [-0.05, 0) is 57.8 Å². The van der Waals surface area contributed by atoms with Gasteiger partial charge in [0.05, 0.1) is 29.4 Å². The van der Waals surface area contributed by atoms with Crippen LogP contribution in [0.15, 0.2) is 59.1 Å². The van der Waals surface area contributed by atoms with Gasteiger partial charge < -0.3 is 19.7 Å². The minimum atomic E-state index is -0.337. The molecule has 1 saturated heterocycles. The van der Waals surface area contributed by atoms with E-state index >= 15 is 0 Å². The molecule has 4 aliphatic rings. The molecule has 2 aromatic rings. The van der Waals surface area contributed by atoms with Crippen LogP contribution in [0.4, 0.5) is 11.4 Å². The number of aliphatic imine (C=N–C) groups is 1. The highest BCUT2D eigenvalue weighted by molar-refractivity contribution is 6.32. The Morgan fingerprint density at radius 2 is 1.95 bits per heavy atom. The molecule has 0 amide bonds. The Balaban J connectivity index is 1.27. The zero-order chi connectivity index (χ0) is 27.8. The molecule has 0 bridgehead atoms. The molecule has 1 unspecified atom stereocenters. The number of hydrogen-bond acceptors (Lipinski definition) is 8. The Morgan fingerprint density at radius 1 is 1.18 bits per heavy atom. The van der Waals surface area contributed by atoms with Crippen molar-refractivity contribution in [3.05, 3.63) is 76.4 Å². The van der Waals surface area contributed by atoms with Crippen molar-refractivity contribution in [1.29, 1.82) is 0 Å². The summed E-state index contributed by atoms with van der Waals surface area (Å²) in [6.07, 6.45) is 8.14. The summed E-state index contributed by atoms with van der Waals surface area (Å²) in [6, 6.07) is 8.76. The van der Waals surface area contributed by atoms with Gasteiger partial charge in [0.1, 0.15) is 11.4 Å². The SMILES string of the molecule is CCOC(=O)[C@H]1CCCN(CCCNc2cc3c(c4c2C(=O)c2ccccc2C4=O)N=C2C(C)=CC=CC2O3)C1. The third kappa shape index (κ3) is 4.66. The van der Waals surface area contributed by atoms with Gasteiger partial charge >= 0.3 is 5.97 Å². The smallest absolute Gasteiger partial charge is 0.310 e. The first-order valence-corrected chi connectivity index (χ1v) is 14.1. The van der Waals surface area contributed by atoms with Crippen LogP contribution in [0.2, 0.25) is 0 Å². The molecule has 2 atom stereocenters. The van der Waals surface area contributed by atoms with E-state index < -0.39 is 0 Å². The molecule has 1 N–H and O–H groups in total. The maximum absolute atomic E-state index is 13.8. The number of nitrogens with zero attached hydrogens (tertiary/aromatic N) is 2. The van der Waals surface area contributed by atoms with Crippen molar-refractivity contribution in [2.75, 3.05) is 38.1 Å². The summed E-state index contributed by atoms with van der Waals surface area (Å²) in [5, 5.41) is 3.43. The predicted molar refractivity (Wildman–Crippen MR) is 153 cm³/mol. The van der Waals surface area contributed by atoms with Gasteiger partial charge in [0.25, 0.3) is 0 Å². The highest BCUT2D eigenvalue weighted by atomic mass is 16.5. The predicted octanol–water partition coefficient (Wildman–Crippen LogP) is 4.89. The molecule has 0 spiro atoms. The number of likely N-dealkylation sites (tertiary alicyclic amines) is 1. The van der Waals surface area contributed by atoms with Crippen LogP contribution in [0, 0.1) is 5.92 Å². The number of allylic oxidation sites excluding steroid dienone is 2. The molecule has 8 heteroatoms. The average molecular weight is 540 g/mol. The van der Waals surface area contributed by atoms with E-state index in [1.807, 2.05) is 38.1 Å². The Hall–Kier alpha value is -4.04. The summed E-state index contributed by atoms with van der Waals surface area (Å²) in [7, 11) is 0. The second kappa shape index (κ2) is 10.8. The number of nitrogens with one attached hydrogen (secondary N) is 1. The Morgan fingerprint density at radius 3 is 2.73 bits per heavy atom. The largest absolute Gasteiger partial charge is 0.478 e. The van der Waals surface area contributed by atoms with Crippen LogP contribution in [0.5, 0.6) is 5.75 Å². The van der Waals surface area contributed by atoms with Gasteiger partial charge in [0.2, 0.25) is 0 Å². The fourth-order valence-electron chi connectivity index (χ4n) is 6.04. The fraction of sp³-hybridized carbons (Fsp3) is 0.375. The molecule has 6 rings (SSSR count). The first-order valence-electron chi connectivity index (χ1n) is 14.1. The lowest BCUT2D eigenvalue weighted by Crippen LogP contribution is -2.40. The maximum atomic E-state index is 13.8. The number of esters is 1. The lowest BCUT2D eigenvalue weighted by Gasteiger charge is -2.32. The fourth-order valence-corrected chi connectivity index (χ4v) is 6.04. The van der Waals surface area contributed by atoms with Crippen LogP contribution in [0.3, 0.4) is 0 Å². The van der Waals surface area contributed by atoms with Crippen LogP contribution in [-0.2, 0) is 9.53 Å². The molecule has 0 aromatic heterocycles. The van der Waals surface area contributed by atoms with Crippen molar-refractivity contribution < 1.29 is 23.9 Å². The summed E-state index contributed by atoms with van der Waals surface area (Å²) in [4.78, 5) is 47.0. The second-order valence-electron chi connectivity index (χ2n) is 10.7. The quantitative estimate of drug-likeness (QED) is 0.337. The van der Waals surface area contributed by atoms with E-state index in [2.05, 4.69) is 10.2 Å². The van der Waals surface area contributed by atoms with Crippen LogP contribution in [0.25, 0.3) is 0 Å². The van der Waals surface area contributed by atoms with Crippen molar-refractivity contribution >= 4 is 34.6 Å². The molecular formula is C32H33N3O5. The number of carbonyl (C=O) groups excluding carboxylic acids is 3. The highest BCUT2D eigenvalue weighted by Crippen LogP contribution is 2.46. The average Bonchev–Trinajstić information content (AvgIpc) is 2.97. The van der Waals surface area contributed by atoms with Crippen molar-refractivity contribution in [3.63, 3.8) is 0 Å². The number of anilines is 1. The van der Waals surface area contributed by atoms with Crippen LogP contribution >= 0.6 is 0 Å². The van der Waals surface area contributed by atoms with Crippen molar-refractivity contribution in [2.24, 2.45) is 10.9 Å². The molecule has 206 valence electrons. The molecule has 0 saturated carbocycles. The van der Waals surface area contributed by atoms with Gasteiger partial charge in [0, 0.05) is 36.0 Å². The first kappa shape index (κ1) is 26.2. The zero-order valence-corrected chi connectivity index (χ0v) is 22.9. The molecule has 1 fully saturated rings. The highest BCUT2D eigenvalue weighted by Gasteiger charge is 2.38. The van der Waals surface area contributed by atoms with E-state index in [4.69, 9.17) is 14.5 Å². The minimum Gasteiger partial charge on any atom is -0.478 e. The first-order chi connectivity index (χ1) is 19.5. The number of piperidine rings is 1. The number of hydrogen-bond donors (Lipinski definition) is 1. The maximum Gasteiger partial charge on any atom is 0.310 e. The van der Waals surface area contributed by atoms with Gasteiger partial charge in [-0.2, -0.15) is 0 Å². The second-order valence-corrected chi connectivity index (χ2v) is 10.7. The van der Waals surface area contributed by atoms with E-state index in [9.17, 15) is 14.4 Å². The standard InChI is InChI=1S/C32H33N3O5/c1-3-39-32(38)20-10-7-15-35(18-20)16-8-14-33-23-17-25-29(34-28-19(2)9-6-13-24(28)40-25)27-26(23)30(36)21-11-4-5-12-22(21)31(27)37/h4-6,9,11-13,17,20,24,33H,3,7-8,10,14-16,18H2,1-2H3/t20-,24?/m0/s1. The van der Waals surface area contributed by atoms with Crippen LogP contribution < -0.4 is 10.1 Å². The third-order valence-corrected chi connectivity index (χ3v) is 8.02. The van der Waals surface area contributed by atoms with Crippen molar-refractivity contribution in [2.45, 2.75) is 39.2 Å². The number of fused-ring (bicyclic) bond motifs is 5. The van der Waals surface area contributed by atoms with Crippen LogP contribution in [0.1, 0.15) is 65.0 Å². The van der Waals surface area contributed by atoms with E-state index in [1.165, 1.54) is 0 Å². The molecular weight excluding hydrogens is 506 g/mol. The summed E-state index contributed by atoms with van der Waals surface area (Å²) < 4.78 is 11.6. The topological polar surface area (TPSA) is 97.3 Å². The zero-order valence-electron chi connectivity index (χ0n) is 22.9. The monoisotopic (exact) mass is 539 g/mol. The van der Waals surface area contributed by atoms with E-state index in [1.54, 1.807) is 24.3 Å². The van der Waals surface area contributed by atoms with Gasteiger partial charge in [0.15, 0.2) is 17.7 Å². The van der Waals surface area contributed by atoms with E-state index in [0.29, 0.717) is 59.1 Å². The molecule has 8 nitrogen and oxygen atoms in total. The third-order valence-electron chi connectivity index (χ3n) is 8.02. The number of benzene rings is 2. The van der Waals surface area contributed by atoms with Gasteiger partial charge in [-0.3, -0.25) is 14.4 Å². The molecule has 2 heterocycles. The lowest BCUT2D eigenvalue weighted by atomic mass is 9.81. The molecule has 0 radical (unpaired) electrons. The summed E-state index contributed by atoms with van der Waals surface area (Å²) in [6.45, 7) is 7.26. The summed E-state index contributed by atoms with van der Waals surface area (Å²) in [5.74, 6) is -0.111. The lowest BCUT2D eigenvalue weighted by molar-refractivity contribution is -0.149. The number of ketones is 2. The van der Waals surface area contributed by atoms with Crippen molar-refractivity contribution in [3.8, 4) is 5.75 Å². The van der Waals surface area contributed by atoms with E-state index in [0.717, 1.165) is 43.6 Å². The van der Waals surface area contributed by atoms with Crippen LogP contribution in [-0.4, -0.2) is 67.0 Å². The Labute approximate surface area is 233 Å². The van der Waals surface area contributed by atoms with Crippen molar-refractivity contribution in [1.82, 2.24) is 4.90 Å². The van der Waals surface area contributed by atoms with E-state index in [-0.39, 0.29) is 29.6 Å². The van der Waals surface area contributed by atoms with Gasteiger partial charge in [-0.1, -0.05) is 36.4 Å². The minimum absolute atomic E-state index is 0.0760. The summed E-state index contributed by atoms with van der Waals surface area (Å²) in [5.41, 5.74) is 4.15. The van der Waals surface area contributed by atoms with Gasteiger partial charge in [-0.15, -0.1) is 0 Å². The molecule has 2 aliphatic heterocycles. The van der Waals surface area contributed by atoms with Gasteiger partial charge in [-0.25, -0.2) is 4.99 Å². The number of rotatable bonds is 7. The normalized spacial score (nSPS) is 21.2. The number of ether oxygens (including phenoxy) is 2.